The molecule has 0 radical (unpaired) electrons. The summed E-state index contributed by atoms with van der Waals surface area (Å²) in [7, 11) is 0. The lowest BCUT2D eigenvalue weighted by molar-refractivity contribution is 0.0746. The number of nitrogens with zero attached hydrogens (tertiary/aromatic N) is 4. The van der Waals surface area contributed by atoms with E-state index in [-0.39, 0.29) is 11.7 Å². The third kappa shape index (κ3) is 4.09. The number of piperazine rings is 1. The molecule has 7 heteroatoms. The summed E-state index contributed by atoms with van der Waals surface area (Å²) in [5.74, 6) is 0.593. The highest BCUT2D eigenvalue weighted by molar-refractivity contribution is 5.95. The van der Waals surface area contributed by atoms with E-state index in [0.717, 1.165) is 24.6 Å². The van der Waals surface area contributed by atoms with E-state index in [9.17, 15) is 9.18 Å². The van der Waals surface area contributed by atoms with Crippen molar-refractivity contribution in [2.45, 2.75) is 0 Å². The molecular weight excluding hydrogens is 357 g/mol. The molecule has 1 aliphatic rings. The van der Waals surface area contributed by atoms with Crippen molar-refractivity contribution in [1.29, 1.82) is 0 Å². The van der Waals surface area contributed by atoms with Gasteiger partial charge in [-0.15, -0.1) is 0 Å². The number of pyridine rings is 2. The van der Waals surface area contributed by atoms with E-state index >= 15 is 0 Å². The van der Waals surface area contributed by atoms with Crippen molar-refractivity contribution in [2.75, 3.05) is 36.4 Å². The van der Waals surface area contributed by atoms with Crippen LogP contribution in [0.25, 0.3) is 0 Å². The zero-order chi connectivity index (χ0) is 19.3. The molecule has 0 atom stereocenters. The smallest absolute Gasteiger partial charge is 0.255 e. The molecule has 28 heavy (non-hydrogen) atoms. The van der Waals surface area contributed by atoms with Crippen LogP contribution in [0.1, 0.15) is 10.4 Å². The third-order valence-corrected chi connectivity index (χ3v) is 4.66. The van der Waals surface area contributed by atoms with Gasteiger partial charge >= 0.3 is 0 Å². The van der Waals surface area contributed by atoms with Crippen LogP contribution in [0, 0.1) is 5.82 Å². The molecular formula is C21H20FN5O. The largest absolute Gasteiger partial charge is 0.354 e. The van der Waals surface area contributed by atoms with Crippen molar-refractivity contribution >= 4 is 23.1 Å². The molecule has 0 aliphatic carbocycles. The van der Waals surface area contributed by atoms with Gasteiger partial charge < -0.3 is 15.1 Å². The molecule has 142 valence electrons. The van der Waals surface area contributed by atoms with Crippen molar-refractivity contribution in [2.24, 2.45) is 0 Å². The number of anilines is 3. The second kappa shape index (κ2) is 8.04. The molecule has 1 N–H and O–H groups in total. The van der Waals surface area contributed by atoms with Gasteiger partial charge in [0, 0.05) is 44.3 Å². The number of hydrogen-bond acceptors (Lipinski definition) is 5. The predicted molar refractivity (Wildman–Crippen MR) is 106 cm³/mol. The van der Waals surface area contributed by atoms with E-state index < -0.39 is 0 Å². The van der Waals surface area contributed by atoms with Crippen LogP contribution < -0.4 is 10.2 Å². The highest BCUT2D eigenvalue weighted by atomic mass is 19.1. The van der Waals surface area contributed by atoms with Gasteiger partial charge in [-0.05, 0) is 42.5 Å². The number of carbonyl (C=O) groups excluding carboxylic acids is 1. The Morgan fingerprint density at radius 1 is 0.964 bits per heavy atom. The van der Waals surface area contributed by atoms with E-state index in [4.69, 9.17) is 0 Å². The van der Waals surface area contributed by atoms with Gasteiger partial charge in [0.1, 0.15) is 11.6 Å². The minimum atomic E-state index is -0.294. The minimum Gasteiger partial charge on any atom is -0.354 e. The predicted octanol–water partition coefficient (Wildman–Crippen LogP) is 3.32. The Morgan fingerprint density at radius 3 is 2.46 bits per heavy atom. The zero-order valence-corrected chi connectivity index (χ0v) is 15.3. The molecule has 2 aromatic heterocycles. The number of benzene rings is 1. The van der Waals surface area contributed by atoms with Crippen LogP contribution >= 0.6 is 0 Å². The maximum Gasteiger partial charge on any atom is 0.255 e. The van der Waals surface area contributed by atoms with E-state index in [1.54, 1.807) is 36.8 Å². The van der Waals surface area contributed by atoms with Gasteiger partial charge in [-0.2, -0.15) is 0 Å². The number of hydrogen-bond donors (Lipinski definition) is 1. The van der Waals surface area contributed by atoms with E-state index in [1.807, 2.05) is 23.1 Å². The standard InChI is InChI=1S/C21H20FN5O/c22-17-4-6-18(7-5-17)25-19-13-16(14-23-15-19)21(28)27-11-9-26(10-12-27)20-3-1-2-8-24-20/h1-8,13-15,25H,9-12H2. The van der Waals surface area contributed by atoms with E-state index in [0.29, 0.717) is 24.3 Å². The lowest BCUT2D eigenvalue weighted by atomic mass is 10.2. The number of nitrogens with one attached hydrogen (secondary N) is 1. The highest BCUT2D eigenvalue weighted by Crippen LogP contribution is 2.19. The summed E-state index contributed by atoms with van der Waals surface area (Å²) in [4.78, 5) is 25.4. The first kappa shape index (κ1) is 17.9. The van der Waals surface area contributed by atoms with Gasteiger partial charge in [0.15, 0.2) is 0 Å². The molecule has 1 fully saturated rings. The van der Waals surface area contributed by atoms with E-state index in [1.165, 1.54) is 12.1 Å². The fraction of sp³-hybridized carbons (Fsp3) is 0.190. The first-order valence-electron chi connectivity index (χ1n) is 9.12. The number of rotatable bonds is 4. The Balaban J connectivity index is 1.40. The Bertz CT molecular complexity index is 941. The van der Waals surface area contributed by atoms with Crippen LogP contribution in [0.3, 0.4) is 0 Å². The van der Waals surface area contributed by atoms with Crippen LogP contribution in [0.5, 0.6) is 0 Å². The molecule has 3 aromatic rings. The molecule has 1 aliphatic heterocycles. The first-order valence-corrected chi connectivity index (χ1v) is 9.12. The molecule has 0 bridgehead atoms. The Kier molecular flexibility index (Phi) is 5.14. The van der Waals surface area contributed by atoms with Crippen molar-refractivity contribution in [3.63, 3.8) is 0 Å². The van der Waals surface area contributed by atoms with Crippen LogP contribution in [0.4, 0.5) is 21.6 Å². The van der Waals surface area contributed by atoms with Crippen molar-refractivity contribution in [3.8, 4) is 0 Å². The van der Waals surface area contributed by atoms with E-state index in [2.05, 4.69) is 20.2 Å². The van der Waals surface area contributed by atoms with Gasteiger partial charge in [-0.1, -0.05) is 6.07 Å². The number of amides is 1. The number of aromatic nitrogens is 2. The van der Waals surface area contributed by atoms with Crippen LogP contribution in [0.15, 0.2) is 67.1 Å². The molecule has 1 aromatic carbocycles. The first-order chi connectivity index (χ1) is 13.7. The fourth-order valence-corrected chi connectivity index (χ4v) is 3.19. The molecule has 3 heterocycles. The lowest BCUT2D eigenvalue weighted by Crippen LogP contribution is -2.49. The Labute approximate surface area is 162 Å². The zero-order valence-electron chi connectivity index (χ0n) is 15.3. The summed E-state index contributed by atoms with van der Waals surface area (Å²) in [6.07, 6.45) is 4.99. The summed E-state index contributed by atoms with van der Waals surface area (Å²) < 4.78 is 13.0. The Morgan fingerprint density at radius 2 is 1.75 bits per heavy atom. The maximum absolute atomic E-state index is 13.0. The topological polar surface area (TPSA) is 61.4 Å². The Hall–Kier alpha value is -3.48. The van der Waals surface area contributed by atoms with Crippen molar-refractivity contribution in [3.05, 3.63) is 78.5 Å². The van der Waals surface area contributed by atoms with Crippen molar-refractivity contribution in [1.82, 2.24) is 14.9 Å². The van der Waals surface area contributed by atoms with Gasteiger partial charge in [0.2, 0.25) is 0 Å². The number of carbonyl (C=O) groups is 1. The lowest BCUT2D eigenvalue weighted by Gasteiger charge is -2.35. The normalized spacial score (nSPS) is 14.0. The molecule has 1 saturated heterocycles. The summed E-state index contributed by atoms with van der Waals surface area (Å²) in [6.45, 7) is 2.74. The minimum absolute atomic E-state index is 0.0454. The van der Waals surface area contributed by atoms with Gasteiger partial charge in [0.25, 0.3) is 5.91 Å². The summed E-state index contributed by atoms with van der Waals surface area (Å²) in [5.41, 5.74) is 1.94. The van der Waals surface area contributed by atoms with Crippen LogP contribution in [-0.4, -0.2) is 47.0 Å². The molecule has 0 unspecified atom stereocenters. The SMILES string of the molecule is O=C(c1cncc(Nc2ccc(F)cc2)c1)N1CCN(c2ccccn2)CC1. The molecule has 6 nitrogen and oxygen atoms in total. The average molecular weight is 377 g/mol. The summed E-state index contributed by atoms with van der Waals surface area (Å²) in [5, 5.41) is 3.14. The van der Waals surface area contributed by atoms with Gasteiger partial charge in [-0.25, -0.2) is 9.37 Å². The molecule has 4 rings (SSSR count). The maximum atomic E-state index is 13.0. The highest BCUT2D eigenvalue weighted by Gasteiger charge is 2.23. The molecule has 1 amide bonds. The average Bonchev–Trinajstić information content (AvgIpc) is 2.76. The summed E-state index contributed by atoms with van der Waals surface area (Å²) >= 11 is 0. The second-order valence-electron chi connectivity index (χ2n) is 6.56. The van der Waals surface area contributed by atoms with Crippen LogP contribution in [-0.2, 0) is 0 Å². The number of halogens is 1. The van der Waals surface area contributed by atoms with Crippen molar-refractivity contribution < 1.29 is 9.18 Å². The molecule has 0 spiro atoms. The van der Waals surface area contributed by atoms with Gasteiger partial charge in [0.05, 0.1) is 17.4 Å². The fourth-order valence-electron chi connectivity index (χ4n) is 3.19. The molecule has 0 saturated carbocycles. The third-order valence-electron chi connectivity index (χ3n) is 4.66. The summed E-state index contributed by atoms with van der Waals surface area (Å²) in [6, 6.07) is 13.6. The monoisotopic (exact) mass is 377 g/mol. The van der Waals surface area contributed by atoms with Crippen LogP contribution in [0.2, 0.25) is 0 Å². The second-order valence-corrected chi connectivity index (χ2v) is 6.56. The van der Waals surface area contributed by atoms with Gasteiger partial charge in [-0.3, -0.25) is 9.78 Å². The quantitative estimate of drug-likeness (QED) is 0.756.